The van der Waals surface area contributed by atoms with Gasteiger partial charge in [-0.05, 0) is 19.9 Å². The van der Waals surface area contributed by atoms with Crippen LogP contribution in [-0.2, 0) is 4.79 Å². The van der Waals surface area contributed by atoms with Gasteiger partial charge in [0.1, 0.15) is 0 Å². The Bertz CT molecular complexity index is 164. The quantitative estimate of drug-likeness (QED) is 0.494. The summed E-state index contributed by atoms with van der Waals surface area (Å²) in [7, 11) is 3.56. The Morgan fingerprint density at radius 2 is 2.08 bits per heavy atom. The molecule has 0 aliphatic rings. The molecule has 0 aliphatic heterocycles. The molecule has 0 atom stereocenters. The molecule has 0 aromatic rings. The fraction of sp³-hybridized carbons (Fsp3) is 0.700. The van der Waals surface area contributed by atoms with E-state index in [-0.39, 0.29) is 5.91 Å². The first-order valence-corrected chi connectivity index (χ1v) is 4.70. The third-order valence-electron chi connectivity index (χ3n) is 1.74. The molecule has 0 saturated carbocycles. The van der Waals surface area contributed by atoms with Crippen molar-refractivity contribution in [2.24, 2.45) is 0 Å². The van der Waals surface area contributed by atoms with Gasteiger partial charge in [-0.1, -0.05) is 12.2 Å². The normalized spacial score (nSPS) is 10.7. The minimum absolute atomic E-state index is 0.179. The molecule has 13 heavy (non-hydrogen) atoms. The summed E-state index contributed by atoms with van der Waals surface area (Å²) in [6, 6.07) is 0. The molecule has 0 bridgehead atoms. The lowest BCUT2D eigenvalue weighted by Crippen LogP contribution is -2.26. The van der Waals surface area contributed by atoms with E-state index in [4.69, 9.17) is 0 Å². The predicted octanol–water partition coefficient (Wildman–Crippen LogP) is 1.02. The Hall–Kier alpha value is -0.830. The van der Waals surface area contributed by atoms with Crippen molar-refractivity contribution in [2.75, 3.05) is 27.2 Å². The summed E-state index contributed by atoms with van der Waals surface area (Å²) in [6.45, 7) is 3.73. The number of nitrogens with one attached hydrogen (secondary N) is 1. The lowest BCUT2D eigenvalue weighted by atomic mass is 10.3. The van der Waals surface area contributed by atoms with Crippen molar-refractivity contribution < 1.29 is 4.79 Å². The molecule has 0 heterocycles. The lowest BCUT2D eigenvalue weighted by Gasteiger charge is -2.09. The number of rotatable bonds is 6. The van der Waals surface area contributed by atoms with Gasteiger partial charge in [0.25, 0.3) is 0 Å². The molecule has 0 radical (unpaired) electrons. The van der Waals surface area contributed by atoms with Gasteiger partial charge in [-0.25, -0.2) is 0 Å². The maximum Gasteiger partial charge on any atom is 0.223 e. The van der Waals surface area contributed by atoms with Crippen LogP contribution in [0, 0.1) is 0 Å². The largest absolute Gasteiger partial charge is 0.349 e. The lowest BCUT2D eigenvalue weighted by molar-refractivity contribution is -0.128. The molecule has 0 unspecified atom stereocenters. The average molecular weight is 184 g/mol. The molecular formula is C10H20N2O. The highest BCUT2D eigenvalue weighted by Crippen LogP contribution is 1.85. The van der Waals surface area contributed by atoms with Crippen LogP contribution in [0.25, 0.3) is 0 Å². The Labute approximate surface area is 80.8 Å². The van der Waals surface area contributed by atoms with E-state index in [9.17, 15) is 4.79 Å². The number of nitrogens with zero attached hydrogens (tertiary/aromatic N) is 1. The van der Waals surface area contributed by atoms with Crippen LogP contribution in [0.4, 0.5) is 0 Å². The zero-order valence-electron chi connectivity index (χ0n) is 8.84. The van der Waals surface area contributed by atoms with Gasteiger partial charge in [-0.3, -0.25) is 4.79 Å². The molecule has 0 aromatic carbocycles. The van der Waals surface area contributed by atoms with Crippen molar-refractivity contribution in [1.29, 1.82) is 0 Å². The highest BCUT2D eigenvalue weighted by Gasteiger charge is 2.01. The van der Waals surface area contributed by atoms with Gasteiger partial charge in [0.15, 0.2) is 0 Å². The van der Waals surface area contributed by atoms with E-state index in [1.807, 2.05) is 13.0 Å². The molecule has 1 N–H and O–H groups in total. The molecule has 0 fully saturated rings. The van der Waals surface area contributed by atoms with Gasteiger partial charge < -0.3 is 10.2 Å². The SMILES string of the molecule is C/C=C/CCNCCC(=O)N(C)C. The van der Waals surface area contributed by atoms with Crippen molar-refractivity contribution in [3.8, 4) is 0 Å². The van der Waals surface area contributed by atoms with E-state index in [0.29, 0.717) is 6.42 Å². The van der Waals surface area contributed by atoms with Crippen LogP contribution in [0.5, 0.6) is 0 Å². The average Bonchev–Trinajstić information content (AvgIpc) is 2.10. The van der Waals surface area contributed by atoms with Crippen molar-refractivity contribution in [3.63, 3.8) is 0 Å². The predicted molar refractivity (Wildman–Crippen MR) is 55.6 cm³/mol. The first-order valence-electron chi connectivity index (χ1n) is 4.70. The highest BCUT2D eigenvalue weighted by atomic mass is 16.2. The zero-order valence-corrected chi connectivity index (χ0v) is 8.84. The Kier molecular flexibility index (Phi) is 7.30. The summed E-state index contributed by atoms with van der Waals surface area (Å²) < 4.78 is 0. The van der Waals surface area contributed by atoms with Crippen LogP contribution in [0.3, 0.4) is 0 Å². The molecule has 0 rings (SSSR count). The Balaban J connectivity index is 3.21. The molecule has 0 aromatic heterocycles. The first kappa shape index (κ1) is 12.2. The summed E-state index contributed by atoms with van der Waals surface area (Å²) in [5.41, 5.74) is 0. The van der Waals surface area contributed by atoms with Crippen LogP contribution >= 0.6 is 0 Å². The standard InChI is InChI=1S/C10H20N2O/c1-4-5-6-8-11-9-7-10(13)12(2)3/h4-5,11H,6-9H2,1-3H3/b5-4+. The van der Waals surface area contributed by atoms with Crippen molar-refractivity contribution in [3.05, 3.63) is 12.2 Å². The van der Waals surface area contributed by atoms with Gasteiger partial charge in [-0.15, -0.1) is 0 Å². The van der Waals surface area contributed by atoms with E-state index in [2.05, 4.69) is 11.4 Å². The third-order valence-corrected chi connectivity index (χ3v) is 1.74. The van der Waals surface area contributed by atoms with E-state index in [0.717, 1.165) is 19.5 Å². The van der Waals surface area contributed by atoms with Crippen molar-refractivity contribution in [1.82, 2.24) is 10.2 Å². The minimum Gasteiger partial charge on any atom is -0.349 e. The van der Waals surface area contributed by atoms with Crippen LogP contribution in [-0.4, -0.2) is 38.0 Å². The van der Waals surface area contributed by atoms with Crippen LogP contribution in [0.2, 0.25) is 0 Å². The molecule has 0 saturated heterocycles. The van der Waals surface area contributed by atoms with E-state index in [1.54, 1.807) is 19.0 Å². The molecule has 3 nitrogen and oxygen atoms in total. The van der Waals surface area contributed by atoms with E-state index < -0.39 is 0 Å². The smallest absolute Gasteiger partial charge is 0.223 e. The van der Waals surface area contributed by atoms with Gasteiger partial charge in [0, 0.05) is 27.1 Å². The van der Waals surface area contributed by atoms with Crippen molar-refractivity contribution in [2.45, 2.75) is 19.8 Å². The molecule has 0 aliphatic carbocycles. The third kappa shape index (κ3) is 7.53. The Morgan fingerprint density at radius 3 is 2.62 bits per heavy atom. The maximum absolute atomic E-state index is 11.1. The second kappa shape index (κ2) is 7.80. The topological polar surface area (TPSA) is 32.3 Å². The summed E-state index contributed by atoms with van der Waals surface area (Å²) in [5.74, 6) is 0.179. The van der Waals surface area contributed by atoms with Crippen LogP contribution < -0.4 is 5.32 Å². The minimum atomic E-state index is 0.179. The number of carbonyl (C=O) groups excluding carboxylic acids is 1. The number of carbonyl (C=O) groups is 1. The van der Waals surface area contributed by atoms with E-state index in [1.165, 1.54) is 0 Å². The van der Waals surface area contributed by atoms with Gasteiger partial charge >= 0.3 is 0 Å². The molecular weight excluding hydrogens is 164 g/mol. The molecule has 1 amide bonds. The van der Waals surface area contributed by atoms with Crippen LogP contribution in [0.15, 0.2) is 12.2 Å². The number of allylic oxidation sites excluding steroid dienone is 1. The van der Waals surface area contributed by atoms with Crippen LogP contribution in [0.1, 0.15) is 19.8 Å². The number of amides is 1. The molecule has 3 heteroatoms. The summed E-state index contributed by atoms with van der Waals surface area (Å²) in [4.78, 5) is 12.7. The second-order valence-electron chi connectivity index (χ2n) is 3.15. The highest BCUT2D eigenvalue weighted by molar-refractivity contribution is 5.75. The second-order valence-corrected chi connectivity index (χ2v) is 3.15. The fourth-order valence-electron chi connectivity index (χ4n) is 0.896. The van der Waals surface area contributed by atoms with Gasteiger partial charge in [0.05, 0.1) is 0 Å². The number of hydrogen-bond donors (Lipinski definition) is 1. The summed E-state index contributed by atoms with van der Waals surface area (Å²) in [6.07, 6.45) is 5.77. The Morgan fingerprint density at radius 1 is 1.38 bits per heavy atom. The first-order chi connectivity index (χ1) is 6.18. The molecule has 76 valence electrons. The number of hydrogen-bond acceptors (Lipinski definition) is 2. The van der Waals surface area contributed by atoms with Gasteiger partial charge in [0.2, 0.25) is 5.91 Å². The fourth-order valence-corrected chi connectivity index (χ4v) is 0.896. The monoisotopic (exact) mass is 184 g/mol. The maximum atomic E-state index is 11.1. The van der Waals surface area contributed by atoms with E-state index >= 15 is 0 Å². The zero-order chi connectivity index (χ0) is 10.1. The van der Waals surface area contributed by atoms with Crippen molar-refractivity contribution >= 4 is 5.91 Å². The molecule has 0 spiro atoms. The van der Waals surface area contributed by atoms with Gasteiger partial charge in [-0.2, -0.15) is 0 Å². The summed E-state index contributed by atoms with van der Waals surface area (Å²) in [5, 5.41) is 3.21. The summed E-state index contributed by atoms with van der Waals surface area (Å²) >= 11 is 0.